The second-order valence-corrected chi connectivity index (χ2v) is 9.17. The van der Waals surface area contributed by atoms with E-state index in [4.69, 9.17) is 4.98 Å². The number of hydrogen-bond acceptors (Lipinski definition) is 3. The maximum Gasteiger partial charge on any atom is 0.162 e. The predicted octanol–water partition coefficient (Wildman–Crippen LogP) is 3.87. The molecule has 104 valence electrons. The molecule has 2 heterocycles. The average molecular weight is 372 g/mol. The van der Waals surface area contributed by atoms with Gasteiger partial charge in [0.25, 0.3) is 0 Å². The van der Waals surface area contributed by atoms with Gasteiger partial charge in [0.1, 0.15) is 5.82 Å². The Bertz CT molecular complexity index is 629. The molecule has 0 radical (unpaired) electrons. The van der Waals surface area contributed by atoms with Crippen LogP contribution in [-0.4, -0.2) is 19.7 Å². The zero-order valence-corrected chi connectivity index (χ0v) is 14.8. The van der Waals surface area contributed by atoms with Gasteiger partial charge in [-0.1, -0.05) is 22.6 Å². The van der Waals surface area contributed by atoms with E-state index in [1.807, 2.05) is 18.5 Å². The van der Waals surface area contributed by atoms with Crippen molar-refractivity contribution in [2.45, 2.75) is 57.4 Å². The minimum atomic E-state index is -0.0857. The Kier molecular flexibility index (Phi) is 3.40. The molecule has 0 unspecified atom stereocenters. The summed E-state index contributed by atoms with van der Waals surface area (Å²) in [7, 11) is 0. The predicted molar refractivity (Wildman–Crippen MR) is 86.8 cm³/mol. The fraction of sp³-hybridized carbons (Fsp3) is 0.643. The van der Waals surface area contributed by atoms with Gasteiger partial charge in [0, 0.05) is 0 Å². The third kappa shape index (κ3) is 2.61. The topological polar surface area (TPSA) is 43.6 Å². The van der Waals surface area contributed by atoms with Gasteiger partial charge >= 0.3 is 0 Å². The smallest absolute Gasteiger partial charge is 0.162 e. The van der Waals surface area contributed by atoms with Crippen molar-refractivity contribution < 1.29 is 0 Å². The summed E-state index contributed by atoms with van der Waals surface area (Å²) in [5, 5.41) is 5.74. The molecule has 2 aromatic heterocycles. The highest BCUT2D eigenvalue weighted by Gasteiger charge is 2.26. The molecule has 0 fully saturated rings. The van der Waals surface area contributed by atoms with Crippen LogP contribution in [0.4, 0.5) is 0 Å². The number of aryl methyl sites for hydroxylation is 2. The molecule has 4 nitrogen and oxygen atoms in total. The standard InChI is InChI=1S/C14H21IN4/c1-8-10-9(2)18-19(13(3,4)5)11(10)17-12(16-8)14(6,7)15/h1-7H3. The molecule has 0 spiro atoms. The fourth-order valence-corrected chi connectivity index (χ4v) is 2.36. The number of fused-ring (bicyclic) bond motifs is 1. The Balaban J connectivity index is 2.85. The fourth-order valence-electron chi connectivity index (χ4n) is 2.12. The lowest BCUT2D eigenvalue weighted by atomic mass is 10.1. The zero-order valence-electron chi connectivity index (χ0n) is 12.7. The lowest BCUT2D eigenvalue weighted by Crippen LogP contribution is -2.24. The Hall–Kier alpha value is -0.720. The highest BCUT2D eigenvalue weighted by Crippen LogP contribution is 2.31. The maximum absolute atomic E-state index is 4.78. The van der Waals surface area contributed by atoms with Crippen LogP contribution in [-0.2, 0) is 8.96 Å². The molecule has 0 atom stereocenters. The second kappa shape index (κ2) is 4.40. The van der Waals surface area contributed by atoms with Crippen LogP contribution in [0, 0.1) is 13.8 Å². The Morgan fingerprint density at radius 2 is 1.53 bits per heavy atom. The van der Waals surface area contributed by atoms with Gasteiger partial charge in [0.15, 0.2) is 5.65 Å². The summed E-state index contributed by atoms with van der Waals surface area (Å²) in [6.45, 7) is 14.7. The largest absolute Gasteiger partial charge is 0.242 e. The van der Waals surface area contributed by atoms with Crippen molar-refractivity contribution in [3.8, 4) is 0 Å². The quantitative estimate of drug-likeness (QED) is 0.564. The molecule has 2 rings (SSSR count). The van der Waals surface area contributed by atoms with E-state index in [1.54, 1.807) is 0 Å². The molecule has 5 heteroatoms. The van der Waals surface area contributed by atoms with Crippen molar-refractivity contribution in [1.82, 2.24) is 19.7 Å². The van der Waals surface area contributed by atoms with E-state index in [0.717, 1.165) is 28.2 Å². The van der Waals surface area contributed by atoms with Crippen LogP contribution >= 0.6 is 22.6 Å². The molecule has 0 saturated carbocycles. The molecule has 19 heavy (non-hydrogen) atoms. The number of nitrogens with zero attached hydrogens (tertiary/aromatic N) is 4. The van der Waals surface area contributed by atoms with Crippen LogP contribution in [0.25, 0.3) is 11.0 Å². The van der Waals surface area contributed by atoms with E-state index in [0.29, 0.717) is 0 Å². The van der Waals surface area contributed by atoms with Crippen molar-refractivity contribution >= 4 is 33.6 Å². The highest BCUT2D eigenvalue weighted by molar-refractivity contribution is 14.1. The van der Waals surface area contributed by atoms with Crippen LogP contribution in [0.1, 0.15) is 51.8 Å². The third-order valence-electron chi connectivity index (χ3n) is 3.05. The van der Waals surface area contributed by atoms with Crippen molar-refractivity contribution in [2.75, 3.05) is 0 Å². The van der Waals surface area contributed by atoms with Crippen molar-refractivity contribution in [3.63, 3.8) is 0 Å². The van der Waals surface area contributed by atoms with Crippen LogP contribution in [0.2, 0.25) is 0 Å². The number of alkyl halides is 1. The van der Waals surface area contributed by atoms with Crippen LogP contribution in [0.3, 0.4) is 0 Å². The normalized spacial score (nSPS) is 13.3. The lowest BCUT2D eigenvalue weighted by Gasteiger charge is -2.21. The molecule has 0 aliphatic heterocycles. The summed E-state index contributed by atoms with van der Waals surface area (Å²) in [5.74, 6) is 0.864. The molecule has 0 saturated heterocycles. The van der Waals surface area contributed by atoms with E-state index < -0.39 is 0 Å². The lowest BCUT2D eigenvalue weighted by molar-refractivity contribution is 0.364. The van der Waals surface area contributed by atoms with E-state index >= 15 is 0 Å². The number of hydrogen-bond donors (Lipinski definition) is 0. The van der Waals surface area contributed by atoms with Gasteiger partial charge in [-0.2, -0.15) is 5.10 Å². The van der Waals surface area contributed by atoms with Crippen LogP contribution in [0.5, 0.6) is 0 Å². The Morgan fingerprint density at radius 3 is 2.00 bits per heavy atom. The van der Waals surface area contributed by atoms with E-state index in [-0.39, 0.29) is 8.96 Å². The van der Waals surface area contributed by atoms with Gasteiger partial charge in [0.2, 0.25) is 0 Å². The highest BCUT2D eigenvalue weighted by atomic mass is 127. The second-order valence-electron chi connectivity index (χ2n) is 6.47. The minimum Gasteiger partial charge on any atom is -0.242 e. The first-order chi connectivity index (χ1) is 8.51. The molecular formula is C14H21IN4. The maximum atomic E-state index is 4.78. The van der Waals surface area contributed by atoms with Crippen LogP contribution < -0.4 is 0 Å². The zero-order chi connectivity index (χ0) is 14.6. The minimum absolute atomic E-state index is 0.0833. The van der Waals surface area contributed by atoms with Gasteiger partial charge in [0.05, 0.1) is 25.7 Å². The van der Waals surface area contributed by atoms with Gasteiger partial charge < -0.3 is 0 Å². The van der Waals surface area contributed by atoms with Crippen molar-refractivity contribution in [3.05, 3.63) is 17.2 Å². The summed E-state index contributed by atoms with van der Waals surface area (Å²) < 4.78 is 1.93. The monoisotopic (exact) mass is 372 g/mol. The molecule has 0 aromatic carbocycles. The van der Waals surface area contributed by atoms with Crippen molar-refractivity contribution in [1.29, 1.82) is 0 Å². The molecule has 2 aromatic rings. The van der Waals surface area contributed by atoms with E-state index in [2.05, 4.69) is 67.3 Å². The average Bonchev–Trinajstić information content (AvgIpc) is 2.54. The van der Waals surface area contributed by atoms with E-state index in [9.17, 15) is 0 Å². The van der Waals surface area contributed by atoms with Gasteiger partial charge in [-0.25, -0.2) is 14.6 Å². The molecule has 0 amide bonds. The summed E-state index contributed by atoms with van der Waals surface area (Å²) >= 11 is 2.38. The third-order valence-corrected chi connectivity index (χ3v) is 3.53. The first-order valence-electron chi connectivity index (χ1n) is 6.45. The van der Waals surface area contributed by atoms with Gasteiger partial charge in [-0.3, -0.25) is 0 Å². The Labute approximate surface area is 128 Å². The summed E-state index contributed by atoms with van der Waals surface area (Å²) in [4.78, 5) is 9.43. The van der Waals surface area contributed by atoms with Crippen molar-refractivity contribution in [2.24, 2.45) is 0 Å². The first kappa shape index (κ1) is 14.7. The van der Waals surface area contributed by atoms with E-state index in [1.165, 1.54) is 0 Å². The molecule has 0 N–H and O–H groups in total. The molecular weight excluding hydrogens is 351 g/mol. The summed E-state index contributed by atoms with van der Waals surface area (Å²) in [6, 6.07) is 0. The van der Waals surface area contributed by atoms with Gasteiger partial charge in [-0.05, 0) is 48.5 Å². The molecule has 0 aliphatic rings. The van der Waals surface area contributed by atoms with Gasteiger partial charge in [-0.15, -0.1) is 0 Å². The van der Waals surface area contributed by atoms with Crippen LogP contribution in [0.15, 0.2) is 0 Å². The Morgan fingerprint density at radius 1 is 0.947 bits per heavy atom. The first-order valence-corrected chi connectivity index (χ1v) is 7.53. The molecule has 0 bridgehead atoms. The molecule has 0 aliphatic carbocycles. The summed E-state index contributed by atoms with van der Waals surface area (Å²) in [5.41, 5.74) is 2.87. The number of aromatic nitrogens is 4. The SMILES string of the molecule is Cc1nc(C(C)(C)I)nc2c1c(C)nn2C(C)(C)C. The number of halogens is 1. The summed E-state index contributed by atoms with van der Waals surface area (Å²) in [6.07, 6.45) is 0. The number of rotatable bonds is 1.